The van der Waals surface area contributed by atoms with E-state index in [0.717, 1.165) is 9.24 Å². The van der Waals surface area contributed by atoms with Crippen LogP contribution in [0.25, 0.3) is 0 Å². The van der Waals surface area contributed by atoms with E-state index < -0.39 is 5.54 Å². The van der Waals surface area contributed by atoms with Gasteiger partial charge in [0.25, 0.3) is 0 Å². The minimum atomic E-state index is -0.938. The maximum absolute atomic E-state index is 11.8. The zero-order valence-electron chi connectivity index (χ0n) is 10.9. The highest BCUT2D eigenvalue weighted by molar-refractivity contribution is 8.01. The first-order valence-corrected chi connectivity index (χ1v) is 7.77. The molecule has 0 atom stereocenters. The fourth-order valence-electron chi connectivity index (χ4n) is 1.26. The summed E-state index contributed by atoms with van der Waals surface area (Å²) in [6.45, 7) is 3.28. The number of hydrogen-bond acceptors (Lipinski definition) is 6. The third-order valence-corrected chi connectivity index (χ3v) is 4.59. The van der Waals surface area contributed by atoms with Gasteiger partial charge in [-0.15, -0.1) is 10.2 Å². The lowest BCUT2D eigenvalue weighted by molar-refractivity contribution is -0.120. The summed E-state index contributed by atoms with van der Waals surface area (Å²) in [5.74, 6) is -0.266. The summed E-state index contributed by atoms with van der Waals surface area (Å²) in [6.07, 6.45) is 0. The SMILES string of the molecule is CC(C)(N)C(=O)Nc1ccc(Sc2nncs2)c(Cl)c1. The fraction of sp³-hybridized carbons (Fsp3) is 0.250. The summed E-state index contributed by atoms with van der Waals surface area (Å²) < 4.78 is 0.812. The number of anilines is 1. The number of hydrogen-bond donors (Lipinski definition) is 2. The van der Waals surface area contributed by atoms with E-state index in [-0.39, 0.29) is 5.91 Å². The molecule has 8 heteroatoms. The van der Waals surface area contributed by atoms with E-state index in [1.807, 2.05) is 6.07 Å². The summed E-state index contributed by atoms with van der Waals surface area (Å²) >= 11 is 9.07. The average molecular weight is 329 g/mol. The van der Waals surface area contributed by atoms with Gasteiger partial charge in [0.1, 0.15) is 5.51 Å². The second kappa shape index (κ2) is 6.09. The number of nitrogens with two attached hydrogens (primary N) is 1. The van der Waals surface area contributed by atoms with Crippen LogP contribution in [0.15, 0.2) is 32.9 Å². The van der Waals surface area contributed by atoms with Gasteiger partial charge in [0.2, 0.25) is 5.91 Å². The van der Waals surface area contributed by atoms with Crippen molar-refractivity contribution in [2.24, 2.45) is 5.73 Å². The van der Waals surface area contributed by atoms with Crippen molar-refractivity contribution in [3.63, 3.8) is 0 Å². The van der Waals surface area contributed by atoms with Crippen LogP contribution >= 0.6 is 34.7 Å². The molecular formula is C12H13ClN4OS2. The summed E-state index contributed by atoms with van der Waals surface area (Å²) in [7, 11) is 0. The number of carbonyl (C=O) groups excluding carboxylic acids is 1. The minimum absolute atomic E-state index is 0.266. The molecule has 1 heterocycles. The predicted molar refractivity (Wildman–Crippen MR) is 82.4 cm³/mol. The number of amides is 1. The first kappa shape index (κ1) is 15.2. The standard InChI is InChI=1S/C12H13ClN4OS2/c1-12(2,14)10(18)16-7-3-4-9(8(13)5-7)20-11-17-15-6-19-11/h3-6H,14H2,1-2H3,(H,16,18). The third kappa shape index (κ3) is 3.92. The molecule has 20 heavy (non-hydrogen) atoms. The molecule has 0 aliphatic carbocycles. The number of halogens is 1. The van der Waals surface area contributed by atoms with E-state index in [2.05, 4.69) is 15.5 Å². The normalized spacial score (nSPS) is 11.4. The highest BCUT2D eigenvalue weighted by Gasteiger charge is 2.22. The number of nitrogens with one attached hydrogen (secondary N) is 1. The maximum atomic E-state index is 11.8. The molecule has 0 unspecified atom stereocenters. The molecule has 0 saturated heterocycles. The highest BCUT2D eigenvalue weighted by Crippen LogP contribution is 2.35. The molecule has 0 aliphatic heterocycles. The van der Waals surface area contributed by atoms with E-state index >= 15 is 0 Å². The minimum Gasteiger partial charge on any atom is -0.324 e. The molecular weight excluding hydrogens is 316 g/mol. The smallest absolute Gasteiger partial charge is 0.243 e. The molecule has 0 fully saturated rings. The molecule has 3 N–H and O–H groups in total. The lowest BCUT2D eigenvalue weighted by Crippen LogP contribution is -2.45. The lowest BCUT2D eigenvalue weighted by atomic mass is 10.1. The Kier molecular flexibility index (Phi) is 4.64. The number of carbonyl (C=O) groups is 1. The molecule has 0 bridgehead atoms. The van der Waals surface area contributed by atoms with Crippen molar-refractivity contribution in [3.8, 4) is 0 Å². The Morgan fingerprint density at radius 1 is 1.50 bits per heavy atom. The molecule has 2 rings (SSSR count). The van der Waals surface area contributed by atoms with Gasteiger partial charge in [-0.05, 0) is 32.0 Å². The van der Waals surface area contributed by atoms with Crippen molar-refractivity contribution >= 4 is 46.3 Å². The van der Waals surface area contributed by atoms with Crippen LogP contribution in [0.2, 0.25) is 5.02 Å². The largest absolute Gasteiger partial charge is 0.324 e. The summed E-state index contributed by atoms with van der Waals surface area (Å²) in [6, 6.07) is 5.29. The van der Waals surface area contributed by atoms with Gasteiger partial charge in [-0.1, -0.05) is 34.7 Å². The van der Waals surface area contributed by atoms with Crippen LogP contribution < -0.4 is 11.1 Å². The van der Waals surface area contributed by atoms with Gasteiger partial charge >= 0.3 is 0 Å². The zero-order chi connectivity index (χ0) is 14.8. The molecule has 0 radical (unpaired) electrons. The van der Waals surface area contributed by atoms with Crippen molar-refractivity contribution in [2.75, 3.05) is 5.32 Å². The highest BCUT2D eigenvalue weighted by atomic mass is 35.5. The van der Waals surface area contributed by atoms with Gasteiger partial charge in [0, 0.05) is 10.6 Å². The first-order valence-electron chi connectivity index (χ1n) is 5.70. The summed E-state index contributed by atoms with van der Waals surface area (Å²) in [5, 5.41) is 11.0. The zero-order valence-corrected chi connectivity index (χ0v) is 13.3. The van der Waals surface area contributed by atoms with Crippen molar-refractivity contribution in [1.29, 1.82) is 0 Å². The predicted octanol–water partition coefficient (Wildman–Crippen LogP) is 3.02. The van der Waals surface area contributed by atoms with Gasteiger partial charge < -0.3 is 11.1 Å². The molecule has 0 aliphatic rings. The van der Waals surface area contributed by atoms with Crippen molar-refractivity contribution in [2.45, 2.75) is 28.6 Å². The molecule has 1 amide bonds. The summed E-state index contributed by atoms with van der Waals surface area (Å²) in [4.78, 5) is 12.6. The molecule has 5 nitrogen and oxygen atoms in total. The van der Waals surface area contributed by atoms with E-state index in [4.69, 9.17) is 17.3 Å². The monoisotopic (exact) mass is 328 g/mol. The maximum Gasteiger partial charge on any atom is 0.243 e. The average Bonchev–Trinajstić information content (AvgIpc) is 2.84. The van der Waals surface area contributed by atoms with Crippen LogP contribution in [0.3, 0.4) is 0 Å². The molecule has 0 spiro atoms. The number of rotatable bonds is 4. The fourth-order valence-corrected chi connectivity index (χ4v) is 2.99. The number of aromatic nitrogens is 2. The first-order chi connectivity index (χ1) is 9.36. The Labute approximate surface area is 129 Å². The van der Waals surface area contributed by atoms with Crippen LogP contribution in [-0.2, 0) is 4.79 Å². The van der Waals surface area contributed by atoms with E-state index in [1.165, 1.54) is 23.1 Å². The van der Waals surface area contributed by atoms with Crippen LogP contribution in [0.1, 0.15) is 13.8 Å². The second-order valence-corrected chi connectivity index (χ2v) is 7.16. The van der Waals surface area contributed by atoms with Crippen LogP contribution in [0, 0.1) is 0 Å². The number of benzene rings is 1. The Morgan fingerprint density at radius 3 is 2.80 bits per heavy atom. The van der Waals surface area contributed by atoms with Gasteiger partial charge in [-0.3, -0.25) is 4.79 Å². The third-order valence-electron chi connectivity index (χ3n) is 2.31. The Morgan fingerprint density at radius 2 is 2.25 bits per heavy atom. The van der Waals surface area contributed by atoms with Gasteiger partial charge in [-0.25, -0.2) is 0 Å². The summed E-state index contributed by atoms with van der Waals surface area (Å²) in [5.41, 5.74) is 7.06. The van der Waals surface area contributed by atoms with E-state index in [0.29, 0.717) is 10.7 Å². The van der Waals surface area contributed by atoms with Crippen molar-refractivity contribution in [3.05, 3.63) is 28.7 Å². The van der Waals surface area contributed by atoms with Gasteiger partial charge in [0.15, 0.2) is 4.34 Å². The lowest BCUT2D eigenvalue weighted by Gasteiger charge is -2.18. The quantitative estimate of drug-likeness (QED) is 0.901. The van der Waals surface area contributed by atoms with Crippen LogP contribution in [0.5, 0.6) is 0 Å². The van der Waals surface area contributed by atoms with Crippen LogP contribution in [-0.4, -0.2) is 21.6 Å². The topological polar surface area (TPSA) is 80.9 Å². The van der Waals surface area contributed by atoms with E-state index in [1.54, 1.807) is 31.5 Å². The Hall–Kier alpha value is -1.15. The Bertz CT molecular complexity index is 610. The number of nitrogens with zero attached hydrogens (tertiary/aromatic N) is 2. The molecule has 106 valence electrons. The van der Waals surface area contributed by atoms with Crippen molar-refractivity contribution < 1.29 is 4.79 Å². The second-order valence-electron chi connectivity index (χ2n) is 4.63. The Balaban J connectivity index is 2.12. The molecule has 0 saturated carbocycles. The van der Waals surface area contributed by atoms with Gasteiger partial charge in [-0.2, -0.15) is 0 Å². The van der Waals surface area contributed by atoms with E-state index in [9.17, 15) is 4.79 Å². The molecule has 2 aromatic rings. The van der Waals surface area contributed by atoms with Gasteiger partial charge in [0.05, 0.1) is 10.6 Å². The van der Waals surface area contributed by atoms with Crippen LogP contribution in [0.4, 0.5) is 5.69 Å². The van der Waals surface area contributed by atoms with Crippen molar-refractivity contribution in [1.82, 2.24) is 10.2 Å². The molecule has 1 aromatic heterocycles. The molecule has 1 aromatic carbocycles.